The Kier molecular flexibility index (Phi) is 4.31. The first kappa shape index (κ1) is 11.4. The lowest BCUT2D eigenvalue weighted by Crippen LogP contribution is -2.44. The molecule has 14 heavy (non-hydrogen) atoms. The number of primary amides is 1. The highest BCUT2D eigenvalue weighted by atomic mass is 16.5. The maximum absolute atomic E-state index is 10.6. The number of amides is 1. The molecule has 5 heteroatoms. The van der Waals surface area contributed by atoms with Crippen LogP contribution in [0.3, 0.4) is 0 Å². The molecule has 1 fully saturated rings. The van der Waals surface area contributed by atoms with E-state index in [0.29, 0.717) is 12.5 Å². The summed E-state index contributed by atoms with van der Waals surface area (Å²) >= 11 is 0. The zero-order valence-electron chi connectivity index (χ0n) is 8.40. The van der Waals surface area contributed by atoms with Gasteiger partial charge in [0.15, 0.2) is 0 Å². The molecule has 5 nitrogen and oxygen atoms in total. The maximum Gasteiger partial charge on any atom is 0.247 e. The summed E-state index contributed by atoms with van der Waals surface area (Å²) in [6, 6.07) is 0.231. The van der Waals surface area contributed by atoms with Crippen LogP contribution < -0.4 is 11.1 Å². The van der Waals surface area contributed by atoms with Crippen molar-refractivity contribution in [1.29, 1.82) is 0 Å². The minimum atomic E-state index is -1.10. The van der Waals surface area contributed by atoms with E-state index in [2.05, 4.69) is 5.32 Å². The van der Waals surface area contributed by atoms with E-state index in [9.17, 15) is 4.79 Å². The molecule has 2 unspecified atom stereocenters. The third-order valence-corrected chi connectivity index (χ3v) is 2.44. The molecule has 1 aliphatic rings. The number of nitrogens with one attached hydrogen (secondary N) is 1. The highest BCUT2D eigenvalue weighted by molar-refractivity contribution is 5.78. The summed E-state index contributed by atoms with van der Waals surface area (Å²) in [5.41, 5.74) is 4.93. The van der Waals surface area contributed by atoms with Crippen LogP contribution in [0.4, 0.5) is 0 Å². The number of nitrogens with two attached hydrogens (primary N) is 1. The van der Waals surface area contributed by atoms with Crippen molar-refractivity contribution in [1.82, 2.24) is 5.32 Å². The van der Waals surface area contributed by atoms with Crippen LogP contribution in [0.1, 0.15) is 12.8 Å². The van der Waals surface area contributed by atoms with Crippen molar-refractivity contribution in [2.45, 2.75) is 25.0 Å². The van der Waals surface area contributed by atoms with E-state index in [1.54, 1.807) is 7.11 Å². The molecule has 2 atom stereocenters. The number of carbonyl (C=O) groups is 1. The van der Waals surface area contributed by atoms with Crippen LogP contribution in [-0.4, -0.2) is 43.4 Å². The molecule has 0 saturated heterocycles. The van der Waals surface area contributed by atoms with Gasteiger partial charge in [-0.05, 0) is 18.8 Å². The average molecular weight is 202 g/mol. The van der Waals surface area contributed by atoms with Gasteiger partial charge in [-0.1, -0.05) is 0 Å². The highest BCUT2D eigenvalue weighted by Gasteiger charge is 2.31. The quantitative estimate of drug-likeness (QED) is 0.486. The Labute approximate surface area is 83.6 Å². The van der Waals surface area contributed by atoms with E-state index < -0.39 is 12.0 Å². The third-order valence-electron chi connectivity index (χ3n) is 2.44. The van der Waals surface area contributed by atoms with Crippen molar-refractivity contribution in [3.8, 4) is 0 Å². The smallest absolute Gasteiger partial charge is 0.247 e. The average Bonchev–Trinajstić information content (AvgIpc) is 2.94. The summed E-state index contributed by atoms with van der Waals surface area (Å²) in [5.74, 6) is -0.0699. The van der Waals surface area contributed by atoms with E-state index in [4.69, 9.17) is 15.6 Å². The van der Waals surface area contributed by atoms with Crippen molar-refractivity contribution in [3.63, 3.8) is 0 Å². The molecule has 1 aliphatic carbocycles. The van der Waals surface area contributed by atoms with Gasteiger partial charge in [0.2, 0.25) is 5.91 Å². The molecule has 1 saturated carbocycles. The summed E-state index contributed by atoms with van der Waals surface area (Å²) in [6.07, 6.45) is 1.27. The van der Waals surface area contributed by atoms with Gasteiger partial charge in [0.25, 0.3) is 0 Å². The van der Waals surface area contributed by atoms with Crippen molar-refractivity contribution in [2.75, 3.05) is 20.3 Å². The fourth-order valence-corrected chi connectivity index (χ4v) is 1.40. The van der Waals surface area contributed by atoms with Gasteiger partial charge in [0.05, 0.1) is 6.61 Å². The zero-order chi connectivity index (χ0) is 10.6. The highest BCUT2D eigenvalue weighted by Crippen LogP contribution is 2.32. The van der Waals surface area contributed by atoms with Crippen LogP contribution in [0.2, 0.25) is 0 Å². The lowest BCUT2D eigenvalue weighted by molar-refractivity contribution is -0.125. The fourth-order valence-electron chi connectivity index (χ4n) is 1.40. The second-order valence-corrected chi connectivity index (χ2v) is 3.73. The van der Waals surface area contributed by atoms with E-state index in [1.165, 1.54) is 12.8 Å². The van der Waals surface area contributed by atoms with E-state index in [1.807, 2.05) is 0 Å². The minimum absolute atomic E-state index is 0.208. The Morgan fingerprint density at radius 3 is 2.79 bits per heavy atom. The van der Waals surface area contributed by atoms with Gasteiger partial charge in [-0.25, -0.2) is 0 Å². The normalized spacial score (nSPS) is 20.4. The van der Waals surface area contributed by atoms with Crippen LogP contribution in [0.25, 0.3) is 0 Å². The predicted molar refractivity (Wildman–Crippen MR) is 51.6 cm³/mol. The summed E-state index contributed by atoms with van der Waals surface area (Å²) < 4.78 is 5.04. The SMILES string of the molecule is COCC(NCC(O)C(N)=O)C1CC1. The maximum atomic E-state index is 10.6. The van der Waals surface area contributed by atoms with E-state index in [-0.39, 0.29) is 12.6 Å². The second kappa shape index (κ2) is 5.29. The number of carbonyl (C=O) groups excluding carboxylic acids is 1. The Hall–Kier alpha value is -0.650. The number of aliphatic hydroxyl groups excluding tert-OH is 1. The third kappa shape index (κ3) is 3.61. The number of rotatable bonds is 7. The molecule has 82 valence electrons. The van der Waals surface area contributed by atoms with Crippen molar-refractivity contribution < 1.29 is 14.6 Å². The monoisotopic (exact) mass is 202 g/mol. The Morgan fingerprint density at radius 2 is 2.36 bits per heavy atom. The standard InChI is InChI=1S/C9H18N2O3/c1-14-5-7(6-2-3-6)11-4-8(12)9(10)13/h6-8,11-12H,2-5H2,1H3,(H2,10,13). The van der Waals surface area contributed by atoms with Gasteiger partial charge in [-0.15, -0.1) is 0 Å². The Bertz CT molecular complexity index is 194. The molecule has 0 bridgehead atoms. The summed E-state index contributed by atoms with van der Waals surface area (Å²) in [4.78, 5) is 10.6. The largest absolute Gasteiger partial charge is 0.383 e. The minimum Gasteiger partial charge on any atom is -0.383 e. The van der Waals surface area contributed by atoms with Crippen LogP contribution in [0, 0.1) is 5.92 Å². The van der Waals surface area contributed by atoms with Crippen molar-refractivity contribution in [2.24, 2.45) is 11.7 Å². The Morgan fingerprint density at radius 1 is 1.71 bits per heavy atom. The summed E-state index contributed by atoms with van der Waals surface area (Å²) in [7, 11) is 1.64. The topological polar surface area (TPSA) is 84.6 Å². The molecular weight excluding hydrogens is 184 g/mol. The molecule has 1 rings (SSSR count). The van der Waals surface area contributed by atoms with Crippen LogP contribution in [-0.2, 0) is 9.53 Å². The van der Waals surface area contributed by atoms with Gasteiger partial charge < -0.3 is 20.9 Å². The molecule has 0 aromatic rings. The summed E-state index contributed by atoms with van der Waals surface area (Å²) in [5, 5.41) is 12.3. The molecular formula is C9H18N2O3. The lowest BCUT2D eigenvalue weighted by atomic mass is 10.2. The lowest BCUT2D eigenvalue weighted by Gasteiger charge is -2.18. The van der Waals surface area contributed by atoms with E-state index in [0.717, 1.165) is 0 Å². The van der Waals surface area contributed by atoms with Gasteiger partial charge >= 0.3 is 0 Å². The van der Waals surface area contributed by atoms with Crippen molar-refractivity contribution >= 4 is 5.91 Å². The molecule has 0 aromatic heterocycles. The Balaban J connectivity index is 2.22. The summed E-state index contributed by atoms with van der Waals surface area (Å²) in [6.45, 7) is 0.815. The molecule has 0 spiro atoms. The molecule has 0 aliphatic heterocycles. The molecule has 0 heterocycles. The first-order valence-corrected chi connectivity index (χ1v) is 4.85. The first-order valence-electron chi connectivity index (χ1n) is 4.85. The number of ether oxygens (including phenoxy) is 1. The first-order chi connectivity index (χ1) is 6.65. The number of methoxy groups -OCH3 is 1. The second-order valence-electron chi connectivity index (χ2n) is 3.73. The van der Waals surface area contributed by atoms with Crippen molar-refractivity contribution in [3.05, 3.63) is 0 Å². The molecule has 4 N–H and O–H groups in total. The van der Waals surface area contributed by atoms with Gasteiger partial charge in [0, 0.05) is 19.7 Å². The van der Waals surface area contributed by atoms with Crippen LogP contribution in [0.5, 0.6) is 0 Å². The van der Waals surface area contributed by atoms with Gasteiger partial charge in [0.1, 0.15) is 6.10 Å². The number of aliphatic hydroxyl groups is 1. The number of hydrogen-bond donors (Lipinski definition) is 3. The number of hydrogen-bond acceptors (Lipinski definition) is 4. The molecule has 0 aromatic carbocycles. The molecule has 1 amide bonds. The van der Waals surface area contributed by atoms with Gasteiger partial charge in [-0.2, -0.15) is 0 Å². The van der Waals surface area contributed by atoms with Crippen LogP contribution in [0.15, 0.2) is 0 Å². The zero-order valence-corrected chi connectivity index (χ0v) is 8.40. The van der Waals surface area contributed by atoms with Gasteiger partial charge in [-0.3, -0.25) is 4.79 Å². The predicted octanol–water partition coefficient (Wildman–Crippen LogP) is -1.15. The fraction of sp³-hybridized carbons (Fsp3) is 0.889. The van der Waals surface area contributed by atoms with Crippen LogP contribution >= 0.6 is 0 Å². The van der Waals surface area contributed by atoms with E-state index >= 15 is 0 Å². The molecule has 0 radical (unpaired) electrons.